The molecule has 1 fully saturated rings. The topological polar surface area (TPSA) is 68.0 Å². The van der Waals surface area contributed by atoms with Gasteiger partial charge in [0.25, 0.3) is 0 Å². The molecule has 9 heteroatoms. The lowest BCUT2D eigenvalue weighted by atomic mass is 9.78. The first-order chi connectivity index (χ1) is 14.1. The van der Waals surface area contributed by atoms with Gasteiger partial charge in [0.05, 0.1) is 22.3 Å². The molecule has 3 N–H and O–H groups in total. The van der Waals surface area contributed by atoms with Crippen molar-refractivity contribution in [1.82, 2.24) is 4.98 Å². The molecule has 1 heterocycles. The normalized spacial score (nSPS) is 19.5. The number of alkyl halides is 3. The van der Waals surface area contributed by atoms with Gasteiger partial charge in [-0.2, -0.15) is 13.2 Å². The van der Waals surface area contributed by atoms with E-state index in [0.29, 0.717) is 48.3 Å². The number of pyridine rings is 1. The smallest absolute Gasteiger partial charge is 0.370 e. The van der Waals surface area contributed by atoms with Crippen molar-refractivity contribution in [2.45, 2.75) is 44.7 Å². The molecule has 2 aromatic rings. The second-order valence-electron chi connectivity index (χ2n) is 7.71. The van der Waals surface area contributed by atoms with Gasteiger partial charge in [-0.05, 0) is 73.8 Å². The highest BCUT2D eigenvalue weighted by Gasteiger charge is 2.34. The largest absolute Gasteiger partial charge is 0.416 e. The van der Waals surface area contributed by atoms with Crippen molar-refractivity contribution < 1.29 is 22.4 Å². The number of carbonyl (C=O) groups excluding carboxylic acids is 1. The first-order valence-corrected chi connectivity index (χ1v) is 10.0. The van der Waals surface area contributed by atoms with Crippen LogP contribution in [0.5, 0.6) is 0 Å². The summed E-state index contributed by atoms with van der Waals surface area (Å²) in [6.07, 6.45) is -0.596. The number of halogens is 5. The number of amides is 1. The fraction of sp³-hybridized carbons (Fsp3) is 0.429. The number of nitrogens with one attached hydrogen (secondary N) is 1. The lowest BCUT2D eigenvalue weighted by Crippen LogP contribution is -2.22. The molecular formula is C21H22ClF4N3O. The van der Waals surface area contributed by atoms with Crippen molar-refractivity contribution in [3.8, 4) is 0 Å². The van der Waals surface area contributed by atoms with Crippen molar-refractivity contribution in [1.29, 1.82) is 0 Å². The van der Waals surface area contributed by atoms with Gasteiger partial charge in [0.1, 0.15) is 11.6 Å². The molecule has 3 rings (SSSR count). The maximum atomic E-state index is 13.3. The monoisotopic (exact) mass is 443 g/mol. The third-order valence-electron chi connectivity index (χ3n) is 5.60. The molecule has 1 saturated carbocycles. The number of primary amides is 1. The summed E-state index contributed by atoms with van der Waals surface area (Å²) in [6.45, 7) is 2.29. The van der Waals surface area contributed by atoms with E-state index >= 15 is 0 Å². The molecule has 1 aromatic carbocycles. The zero-order valence-corrected chi connectivity index (χ0v) is 17.1. The van der Waals surface area contributed by atoms with Gasteiger partial charge < -0.3 is 11.1 Å². The van der Waals surface area contributed by atoms with Crippen LogP contribution in [0.15, 0.2) is 24.4 Å². The third kappa shape index (κ3) is 5.03. The van der Waals surface area contributed by atoms with E-state index in [4.69, 9.17) is 17.3 Å². The maximum absolute atomic E-state index is 13.3. The summed E-state index contributed by atoms with van der Waals surface area (Å²) in [4.78, 5) is 15.6. The van der Waals surface area contributed by atoms with Crippen LogP contribution in [0.25, 0.3) is 0 Å². The Morgan fingerprint density at radius 1 is 1.23 bits per heavy atom. The van der Waals surface area contributed by atoms with Crippen molar-refractivity contribution in [2.24, 2.45) is 11.7 Å². The van der Waals surface area contributed by atoms with E-state index in [1.807, 2.05) is 0 Å². The molecule has 1 aliphatic rings. The first-order valence-electron chi connectivity index (χ1n) is 9.62. The maximum Gasteiger partial charge on any atom is 0.416 e. The Morgan fingerprint density at radius 3 is 2.47 bits per heavy atom. The number of nitrogens with zero attached hydrogens (tertiary/aromatic N) is 1. The molecule has 1 aliphatic carbocycles. The summed E-state index contributed by atoms with van der Waals surface area (Å²) < 4.78 is 53.1. The second kappa shape index (κ2) is 8.79. The minimum Gasteiger partial charge on any atom is -0.370 e. The third-order valence-corrected chi connectivity index (χ3v) is 6.02. The Bertz CT molecular complexity index is 941. The molecule has 0 spiro atoms. The van der Waals surface area contributed by atoms with Crippen LogP contribution in [0.2, 0.25) is 5.02 Å². The minimum atomic E-state index is -4.59. The molecule has 0 unspecified atom stereocenters. The quantitative estimate of drug-likeness (QED) is 0.583. The van der Waals surface area contributed by atoms with Gasteiger partial charge in [-0.1, -0.05) is 11.6 Å². The van der Waals surface area contributed by atoms with Crippen molar-refractivity contribution in [3.63, 3.8) is 0 Å². The molecule has 30 heavy (non-hydrogen) atoms. The van der Waals surface area contributed by atoms with Crippen LogP contribution in [0, 0.1) is 18.7 Å². The number of anilines is 1. The van der Waals surface area contributed by atoms with Crippen LogP contribution < -0.4 is 11.1 Å². The van der Waals surface area contributed by atoms with E-state index in [-0.39, 0.29) is 22.3 Å². The number of carbonyl (C=O) groups is 1. The molecule has 0 bridgehead atoms. The first kappa shape index (κ1) is 22.3. The number of aryl methyl sites for hydroxylation is 1. The summed E-state index contributed by atoms with van der Waals surface area (Å²) >= 11 is 6.24. The van der Waals surface area contributed by atoms with Gasteiger partial charge >= 0.3 is 6.18 Å². The standard InChI is InChI=1S/C21H22ClF4N3O/c1-11-6-18(29-10-17(11)23)28-9-12-2-4-13(5-3-12)15-7-14(21(24,25)26)8-16(19(15)22)20(27)30/h6-8,10,12-13H,2-5,9H2,1H3,(H2,27,30)(H,28,29). The van der Waals surface area contributed by atoms with Crippen LogP contribution in [0.4, 0.5) is 23.4 Å². The van der Waals surface area contributed by atoms with E-state index < -0.39 is 17.6 Å². The Labute approximate surface area is 176 Å². The Kier molecular flexibility index (Phi) is 6.55. The van der Waals surface area contributed by atoms with Crippen molar-refractivity contribution in [2.75, 3.05) is 11.9 Å². The summed E-state index contributed by atoms with van der Waals surface area (Å²) in [5, 5.41) is 3.19. The predicted octanol–water partition coefficient (Wildman–Crippen LogP) is 5.69. The van der Waals surface area contributed by atoms with Gasteiger partial charge in [0.15, 0.2) is 0 Å². The molecule has 1 aromatic heterocycles. The van der Waals surface area contributed by atoms with Gasteiger partial charge in [-0.25, -0.2) is 9.37 Å². The molecule has 4 nitrogen and oxygen atoms in total. The fourth-order valence-corrected chi connectivity index (χ4v) is 4.21. The number of hydrogen-bond donors (Lipinski definition) is 2. The summed E-state index contributed by atoms with van der Waals surface area (Å²) in [5.74, 6) is -0.640. The van der Waals surface area contributed by atoms with Crippen LogP contribution in [-0.2, 0) is 6.18 Å². The minimum absolute atomic E-state index is 0.00284. The molecule has 0 atom stereocenters. The van der Waals surface area contributed by atoms with E-state index in [0.717, 1.165) is 18.9 Å². The lowest BCUT2D eigenvalue weighted by molar-refractivity contribution is -0.137. The number of nitrogens with two attached hydrogens (primary N) is 1. The summed E-state index contributed by atoms with van der Waals surface area (Å²) in [6, 6.07) is 3.37. The van der Waals surface area contributed by atoms with E-state index in [1.54, 1.807) is 13.0 Å². The lowest BCUT2D eigenvalue weighted by Gasteiger charge is -2.30. The predicted molar refractivity (Wildman–Crippen MR) is 107 cm³/mol. The molecule has 0 saturated heterocycles. The average molecular weight is 444 g/mol. The van der Waals surface area contributed by atoms with E-state index in [9.17, 15) is 22.4 Å². The molecule has 0 radical (unpaired) electrons. The highest BCUT2D eigenvalue weighted by molar-refractivity contribution is 6.34. The zero-order chi connectivity index (χ0) is 22.1. The summed E-state index contributed by atoms with van der Waals surface area (Å²) in [7, 11) is 0. The second-order valence-corrected chi connectivity index (χ2v) is 8.08. The van der Waals surface area contributed by atoms with Gasteiger partial charge in [-0.15, -0.1) is 0 Å². The fourth-order valence-electron chi connectivity index (χ4n) is 3.85. The number of aromatic nitrogens is 1. The number of benzene rings is 1. The number of hydrogen-bond acceptors (Lipinski definition) is 3. The highest BCUT2D eigenvalue weighted by Crippen LogP contribution is 2.42. The van der Waals surface area contributed by atoms with Crippen LogP contribution in [0.3, 0.4) is 0 Å². The number of rotatable bonds is 5. The average Bonchev–Trinajstić information content (AvgIpc) is 2.68. The Hall–Kier alpha value is -2.35. The highest BCUT2D eigenvalue weighted by atomic mass is 35.5. The Morgan fingerprint density at radius 2 is 1.90 bits per heavy atom. The van der Waals surface area contributed by atoms with E-state index in [1.165, 1.54) is 6.20 Å². The van der Waals surface area contributed by atoms with Gasteiger partial charge in [0, 0.05) is 6.54 Å². The van der Waals surface area contributed by atoms with Crippen molar-refractivity contribution >= 4 is 23.3 Å². The molecule has 1 amide bonds. The molecule has 0 aliphatic heterocycles. The van der Waals surface area contributed by atoms with Crippen molar-refractivity contribution in [3.05, 3.63) is 57.5 Å². The van der Waals surface area contributed by atoms with Crippen LogP contribution in [-0.4, -0.2) is 17.4 Å². The molecule has 162 valence electrons. The van der Waals surface area contributed by atoms with Crippen LogP contribution >= 0.6 is 11.6 Å². The van der Waals surface area contributed by atoms with E-state index in [2.05, 4.69) is 10.3 Å². The Balaban J connectivity index is 1.69. The van der Waals surface area contributed by atoms with Crippen LogP contribution in [0.1, 0.15) is 58.6 Å². The SMILES string of the molecule is Cc1cc(NCC2CCC(c3cc(C(F)(F)F)cc(C(N)=O)c3Cl)CC2)ncc1F. The molecular weight excluding hydrogens is 422 g/mol. The zero-order valence-electron chi connectivity index (χ0n) is 16.3. The summed E-state index contributed by atoms with van der Waals surface area (Å²) in [5.41, 5.74) is 4.83. The van der Waals surface area contributed by atoms with Gasteiger partial charge in [-0.3, -0.25) is 4.79 Å². The van der Waals surface area contributed by atoms with Gasteiger partial charge in [0.2, 0.25) is 5.91 Å².